The molecule has 7 heteroatoms. The predicted molar refractivity (Wildman–Crippen MR) is 69.5 cm³/mol. The lowest BCUT2D eigenvalue weighted by Gasteiger charge is -2.24. The van der Waals surface area contributed by atoms with Gasteiger partial charge in [0, 0.05) is 19.2 Å². The molecule has 0 aromatic carbocycles. The molecule has 0 radical (unpaired) electrons. The van der Waals surface area contributed by atoms with Crippen molar-refractivity contribution in [2.75, 3.05) is 13.1 Å². The number of rotatable bonds is 3. The maximum Gasteiger partial charge on any atom is 0.247 e. The van der Waals surface area contributed by atoms with Crippen LogP contribution in [0, 0.1) is 0 Å². The molecule has 18 heavy (non-hydrogen) atoms. The van der Waals surface area contributed by atoms with Gasteiger partial charge in [-0.25, -0.2) is 8.42 Å². The Morgan fingerprint density at radius 2 is 2.28 bits per heavy atom. The fraction of sp³-hybridized carbons (Fsp3) is 0.455. The van der Waals surface area contributed by atoms with E-state index in [2.05, 4.69) is 15.9 Å². The fourth-order valence-corrected chi connectivity index (χ4v) is 4.10. The Balaban J connectivity index is 2.33. The maximum atomic E-state index is 12.4. The Hall–Kier alpha value is -0.630. The highest BCUT2D eigenvalue weighted by molar-refractivity contribution is 9.10. The molecule has 0 spiro atoms. The average molecular weight is 336 g/mol. The summed E-state index contributed by atoms with van der Waals surface area (Å²) >= 11 is 3.07. The summed E-state index contributed by atoms with van der Waals surface area (Å²) in [5.74, 6) is 0.226. The van der Waals surface area contributed by atoms with Crippen LogP contribution in [0.3, 0.4) is 0 Å². The molecule has 2 heterocycles. The molecule has 1 aliphatic heterocycles. The van der Waals surface area contributed by atoms with Crippen LogP contribution < -0.4 is 0 Å². The van der Waals surface area contributed by atoms with Gasteiger partial charge in [0.2, 0.25) is 10.0 Å². The zero-order chi connectivity index (χ0) is 13.3. The summed E-state index contributed by atoms with van der Waals surface area (Å²) in [6.07, 6.45) is 2.64. The summed E-state index contributed by atoms with van der Waals surface area (Å²) in [6, 6.07) is 1.35. The third kappa shape index (κ3) is 2.54. The number of furan rings is 1. The average Bonchev–Trinajstić information content (AvgIpc) is 2.72. The van der Waals surface area contributed by atoms with E-state index in [0.717, 1.165) is 6.42 Å². The van der Waals surface area contributed by atoms with Crippen LogP contribution in [-0.2, 0) is 16.6 Å². The van der Waals surface area contributed by atoms with Crippen LogP contribution in [-0.4, -0.2) is 30.9 Å². The Morgan fingerprint density at radius 1 is 1.56 bits per heavy atom. The topological polar surface area (TPSA) is 70.8 Å². The first-order valence-electron chi connectivity index (χ1n) is 5.50. The molecule has 0 atom stereocenters. The second-order valence-corrected chi connectivity index (χ2v) is 6.80. The zero-order valence-corrected chi connectivity index (χ0v) is 12.3. The Morgan fingerprint density at radius 3 is 2.78 bits per heavy atom. The van der Waals surface area contributed by atoms with Crippen molar-refractivity contribution in [1.29, 1.82) is 0 Å². The van der Waals surface area contributed by atoms with Crippen molar-refractivity contribution < 1.29 is 17.9 Å². The Labute approximate surface area is 114 Å². The van der Waals surface area contributed by atoms with Gasteiger partial charge in [0.05, 0.1) is 0 Å². The van der Waals surface area contributed by atoms with Crippen LogP contribution >= 0.6 is 15.9 Å². The summed E-state index contributed by atoms with van der Waals surface area (Å²) in [6.45, 7) is 2.51. The van der Waals surface area contributed by atoms with Crippen molar-refractivity contribution in [1.82, 2.24) is 4.31 Å². The van der Waals surface area contributed by atoms with E-state index in [4.69, 9.17) is 9.52 Å². The minimum absolute atomic E-state index is 0.0690. The van der Waals surface area contributed by atoms with Crippen LogP contribution in [0.15, 0.2) is 31.7 Å². The van der Waals surface area contributed by atoms with Crippen molar-refractivity contribution in [2.24, 2.45) is 0 Å². The van der Waals surface area contributed by atoms with E-state index in [1.807, 2.05) is 13.0 Å². The number of hydrogen-bond acceptors (Lipinski definition) is 4. The molecular weight excluding hydrogens is 322 g/mol. The molecule has 1 aliphatic rings. The second-order valence-electron chi connectivity index (χ2n) is 4.17. The normalized spacial score (nSPS) is 17.8. The minimum Gasteiger partial charge on any atom is -0.450 e. The quantitative estimate of drug-likeness (QED) is 0.856. The number of sulfonamides is 1. The van der Waals surface area contributed by atoms with Crippen molar-refractivity contribution >= 4 is 26.0 Å². The summed E-state index contributed by atoms with van der Waals surface area (Å²) < 4.78 is 31.4. The number of nitrogens with zero attached hydrogens (tertiary/aromatic N) is 1. The van der Waals surface area contributed by atoms with Crippen molar-refractivity contribution in [3.8, 4) is 0 Å². The largest absolute Gasteiger partial charge is 0.450 e. The molecule has 0 amide bonds. The molecule has 1 aromatic rings. The van der Waals surface area contributed by atoms with E-state index < -0.39 is 10.0 Å². The van der Waals surface area contributed by atoms with E-state index in [1.54, 1.807) is 0 Å². The molecule has 1 N–H and O–H groups in total. The summed E-state index contributed by atoms with van der Waals surface area (Å²) in [7, 11) is -3.57. The van der Waals surface area contributed by atoms with Gasteiger partial charge < -0.3 is 9.52 Å². The third-order valence-corrected chi connectivity index (χ3v) is 5.60. The monoisotopic (exact) mass is 335 g/mol. The third-order valence-electron chi connectivity index (χ3n) is 2.88. The molecule has 5 nitrogen and oxygen atoms in total. The summed E-state index contributed by atoms with van der Waals surface area (Å²) in [5.41, 5.74) is 1.20. The molecule has 1 aromatic heterocycles. The number of aliphatic hydroxyl groups is 1. The van der Waals surface area contributed by atoms with Gasteiger partial charge in [0.25, 0.3) is 0 Å². The van der Waals surface area contributed by atoms with Crippen LogP contribution in [0.25, 0.3) is 0 Å². The van der Waals surface area contributed by atoms with Gasteiger partial charge in [0.15, 0.2) is 4.67 Å². The van der Waals surface area contributed by atoms with E-state index in [1.165, 1.54) is 15.9 Å². The molecule has 0 unspecified atom stereocenters. The van der Waals surface area contributed by atoms with Crippen LogP contribution in [0.2, 0.25) is 0 Å². The lowest BCUT2D eigenvalue weighted by molar-refractivity contribution is 0.245. The first kappa shape index (κ1) is 13.8. The second kappa shape index (κ2) is 5.16. The fourth-order valence-electron chi connectivity index (χ4n) is 1.76. The lowest BCUT2D eigenvalue weighted by Crippen LogP contribution is -2.34. The molecule has 2 rings (SSSR count). The van der Waals surface area contributed by atoms with E-state index in [-0.39, 0.29) is 21.9 Å². The summed E-state index contributed by atoms with van der Waals surface area (Å²) in [4.78, 5) is 0.0690. The van der Waals surface area contributed by atoms with E-state index in [0.29, 0.717) is 13.1 Å². The summed E-state index contributed by atoms with van der Waals surface area (Å²) in [5, 5.41) is 8.95. The van der Waals surface area contributed by atoms with Crippen molar-refractivity contribution in [3.63, 3.8) is 0 Å². The van der Waals surface area contributed by atoms with E-state index >= 15 is 0 Å². The van der Waals surface area contributed by atoms with Gasteiger partial charge in [-0.1, -0.05) is 11.6 Å². The van der Waals surface area contributed by atoms with Gasteiger partial charge in [0.1, 0.15) is 17.3 Å². The maximum absolute atomic E-state index is 12.4. The van der Waals surface area contributed by atoms with Crippen molar-refractivity contribution in [3.05, 3.63) is 28.1 Å². The van der Waals surface area contributed by atoms with Gasteiger partial charge >= 0.3 is 0 Å². The molecule has 0 fully saturated rings. The zero-order valence-electron chi connectivity index (χ0n) is 9.89. The smallest absolute Gasteiger partial charge is 0.247 e. The number of aliphatic hydroxyl groups excluding tert-OH is 1. The highest BCUT2D eigenvalue weighted by Crippen LogP contribution is 2.30. The molecule has 100 valence electrons. The molecule has 0 saturated carbocycles. The van der Waals surface area contributed by atoms with E-state index in [9.17, 15) is 8.42 Å². The van der Waals surface area contributed by atoms with Gasteiger partial charge in [-0.3, -0.25) is 0 Å². The molecule has 0 bridgehead atoms. The molecule has 0 aliphatic carbocycles. The number of halogens is 1. The van der Waals surface area contributed by atoms with Crippen molar-refractivity contribution in [2.45, 2.75) is 24.8 Å². The first-order chi connectivity index (χ1) is 8.45. The highest BCUT2D eigenvalue weighted by atomic mass is 79.9. The van der Waals surface area contributed by atoms with Crippen LogP contribution in [0.1, 0.15) is 19.1 Å². The highest BCUT2D eigenvalue weighted by Gasteiger charge is 2.29. The van der Waals surface area contributed by atoms with Gasteiger partial charge in [-0.05, 0) is 29.3 Å². The lowest BCUT2D eigenvalue weighted by atomic mass is 10.1. The SMILES string of the molecule is CC1=CCN(S(=O)(=O)c2cc(CO)oc2Br)CC1. The number of hydrogen-bond donors (Lipinski definition) is 1. The molecular formula is C11H14BrNO4S. The van der Waals surface area contributed by atoms with Gasteiger partial charge in [-0.2, -0.15) is 4.31 Å². The van der Waals surface area contributed by atoms with Crippen LogP contribution in [0.5, 0.6) is 0 Å². The molecule has 0 saturated heterocycles. The Kier molecular flexibility index (Phi) is 3.96. The predicted octanol–water partition coefficient (Wildman–Crippen LogP) is 1.88. The Bertz CT molecular complexity index is 576. The van der Waals surface area contributed by atoms with Gasteiger partial charge in [-0.15, -0.1) is 0 Å². The van der Waals surface area contributed by atoms with Crippen LogP contribution in [0.4, 0.5) is 0 Å². The minimum atomic E-state index is -3.57. The first-order valence-corrected chi connectivity index (χ1v) is 7.73. The standard InChI is InChI=1S/C11H14BrNO4S/c1-8-2-4-13(5-3-8)18(15,16)10-6-9(7-14)17-11(10)12/h2,6,14H,3-5,7H2,1H3.